The van der Waals surface area contributed by atoms with Crippen molar-refractivity contribution in [3.8, 4) is 0 Å². The number of hydrogen-bond donors (Lipinski definition) is 2. The van der Waals surface area contributed by atoms with Gasteiger partial charge in [-0.3, -0.25) is 0 Å². The zero-order chi connectivity index (χ0) is 16.4. The Bertz CT molecular complexity index is 468. The number of aromatic nitrogens is 3. The largest absolute Gasteiger partial charge is 0.385 e. The number of ether oxygens (including phenoxy) is 1. The minimum absolute atomic E-state index is 0. The predicted molar refractivity (Wildman–Crippen MR) is 108 cm³/mol. The van der Waals surface area contributed by atoms with Crippen LogP contribution in [0.3, 0.4) is 0 Å². The van der Waals surface area contributed by atoms with Gasteiger partial charge >= 0.3 is 0 Å². The molecule has 9 heteroatoms. The molecular weight excluding hydrogens is 427 g/mol. The molecule has 0 amide bonds. The smallest absolute Gasteiger partial charge is 0.191 e. The van der Waals surface area contributed by atoms with Crippen LogP contribution in [0.2, 0.25) is 0 Å². The first-order valence-electron chi connectivity index (χ1n) is 7.47. The lowest BCUT2D eigenvalue weighted by atomic mass is 10.4. The topological polar surface area (TPSA) is 76.4 Å². The third-order valence-electron chi connectivity index (χ3n) is 3.34. The molecule has 0 spiro atoms. The number of hydrogen-bond acceptors (Lipinski definition) is 5. The molecule has 1 heterocycles. The van der Waals surface area contributed by atoms with Gasteiger partial charge in [-0.15, -0.1) is 34.2 Å². The summed E-state index contributed by atoms with van der Waals surface area (Å²) < 4.78 is 7.02. The van der Waals surface area contributed by atoms with Crippen molar-refractivity contribution in [1.82, 2.24) is 25.4 Å². The highest BCUT2D eigenvalue weighted by Gasteiger charge is 2.06. The third kappa shape index (κ3) is 8.75. The first-order chi connectivity index (χ1) is 10.6. The van der Waals surface area contributed by atoms with Crippen LogP contribution in [-0.2, 0) is 18.3 Å². The van der Waals surface area contributed by atoms with E-state index in [9.17, 15) is 0 Å². The number of rotatable bonds is 9. The summed E-state index contributed by atoms with van der Waals surface area (Å²) >= 11 is 1.83. The summed E-state index contributed by atoms with van der Waals surface area (Å²) in [5, 5.41) is 15.4. The summed E-state index contributed by atoms with van der Waals surface area (Å²) in [5.41, 5.74) is 0. The molecule has 0 saturated heterocycles. The van der Waals surface area contributed by atoms with E-state index in [-0.39, 0.29) is 24.0 Å². The lowest BCUT2D eigenvalue weighted by molar-refractivity contribution is 0.195. The van der Waals surface area contributed by atoms with Crippen LogP contribution >= 0.6 is 35.7 Å². The minimum Gasteiger partial charge on any atom is -0.385 e. The average molecular weight is 456 g/mol. The molecule has 0 saturated carbocycles. The normalized spacial score (nSPS) is 12.7. The van der Waals surface area contributed by atoms with Crippen molar-refractivity contribution in [1.29, 1.82) is 0 Å². The zero-order valence-electron chi connectivity index (χ0n) is 14.6. The van der Waals surface area contributed by atoms with Crippen LogP contribution in [0.4, 0.5) is 0 Å². The van der Waals surface area contributed by atoms with Crippen LogP contribution in [-0.4, -0.2) is 59.0 Å². The second kappa shape index (κ2) is 12.8. The molecule has 1 unspecified atom stereocenters. The first-order valence-corrected chi connectivity index (χ1v) is 8.76. The fourth-order valence-electron chi connectivity index (χ4n) is 1.66. The van der Waals surface area contributed by atoms with Crippen LogP contribution in [0.1, 0.15) is 25.0 Å². The Kier molecular flexibility index (Phi) is 12.5. The van der Waals surface area contributed by atoms with E-state index in [1.807, 2.05) is 30.3 Å². The molecule has 0 bridgehead atoms. The third-order valence-corrected chi connectivity index (χ3v) is 4.31. The fraction of sp³-hybridized carbons (Fsp3) is 0.786. The summed E-state index contributed by atoms with van der Waals surface area (Å²) in [6.07, 6.45) is 3.05. The van der Waals surface area contributed by atoms with Crippen molar-refractivity contribution in [3.05, 3.63) is 11.6 Å². The molecule has 134 valence electrons. The van der Waals surface area contributed by atoms with E-state index in [2.05, 4.69) is 39.0 Å². The molecule has 1 atom stereocenters. The summed E-state index contributed by atoms with van der Waals surface area (Å²) in [6.45, 7) is 7.06. The molecule has 0 aliphatic rings. The second-order valence-corrected chi connectivity index (χ2v) is 6.36. The van der Waals surface area contributed by atoms with Gasteiger partial charge in [0.25, 0.3) is 0 Å². The van der Waals surface area contributed by atoms with Crippen molar-refractivity contribution in [2.45, 2.75) is 32.1 Å². The van der Waals surface area contributed by atoms with Crippen molar-refractivity contribution in [2.24, 2.45) is 12.0 Å². The molecule has 23 heavy (non-hydrogen) atoms. The average Bonchev–Trinajstić information content (AvgIpc) is 2.84. The Labute approximate surface area is 160 Å². The zero-order valence-corrected chi connectivity index (χ0v) is 17.8. The van der Waals surface area contributed by atoms with Crippen molar-refractivity contribution >= 4 is 41.7 Å². The summed E-state index contributed by atoms with van der Waals surface area (Å²) in [7, 11) is 3.67. The number of guanidine groups is 1. The van der Waals surface area contributed by atoms with Crippen molar-refractivity contribution < 1.29 is 4.74 Å². The standard InChI is InChI=1S/C14H28N6OS.HI/c1-11(22-5)9-16-14(15-7-6-8-21-4)17-10-13-19-18-12(2)20(13)3;/h11H,6-10H2,1-5H3,(H2,15,16,17);1H. The van der Waals surface area contributed by atoms with E-state index in [0.29, 0.717) is 11.8 Å². The Morgan fingerprint density at radius 3 is 2.70 bits per heavy atom. The number of aryl methyl sites for hydroxylation is 1. The molecule has 0 aliphatic heterocycles. The number of nitrogens with zero attached hydrogens (tertiary/aromatic N) is 4. The van der Waals surface area contributed by atoms with Crippen LogP contribution in [0, 0.1) is 6.92 Å². The van der Waals surface area contributed by atoms with Gasteiger partial charge in [-0.05, 0) is 19.6 Å². The molecule has 1 rings (SSSR count). The van der Waals surface area contributed by atoms with Gasteiger partial charge in [-0.1, -0.05) is 6.92 Å². The number of nitrogens with one attached hydrogen (secondary N) is 2. The monoisotopic (exact) mass is 456 g/mol. The highest BCUT2D eigenvalue weighted by molar-refractivity contribution is 14.0. The SMILES string of the molecule is COCCCNC(=NCc1nnc(C)n1C)NCC(C)SC.I. The highest BCUT2D eigenvalue weighted by Crippen LogP contribution is 2.03. The molecule has 0 fully saturated rings. The highest BCUT2D eigenvalue weighted by atomic mass is 127. The lowest BCUT2D eigenvalue weighted by Gasteiger charge is -2.15. The molecule has 0 aromatic carbocycles. The Balaban J connectivity index is 0.00000484. The first kappa shape index (κ1) is 22.4. The van der Waals surface area contributed by atoms with Gasteiger partial charge in [0.05, 0.1) is 0 Å². The predicted octanol–water partition coefficient (Wildman–Crippen LogP) is 1.56. The van der Waals surface area contributed by atoms with E-state index in [4.69, 9.17) is 4.74 Å². The van der Waals surface area contributed by atoms with Gasteiger partial charge in [0.2, 0.25) is 0 Å². The van der Waals surface area contributed by atoms with Gasteiger partial charge in [-0.2, -0.15) is 11.8 Å². The van der Waals surface area contributed by atoms with Crippen LogP contribution < -0.4 is 10.6 Å². The number of halogens is 1. The molecule has 2 N–H and O–H groups in total. The Morgan fingerprint density at radius 1 is 1.39 bits per heavy atom. The van der Waals surface area contributed by atoms with Crippen molar-refractivity contribution in [2.75, 3.05) is 33.1 Å². The van der Waals surface area contributed by atoms with Gasteiger partial charge in [0.15, 0.2) is 11.8 Å². The Morgan fingerprint density at radius 2 is 2.13 bits per heavy atom. The molecule has 0 radical (unpaired) electrons. The van der Waals surface area contributed by atoms with Crippen LogP contribution in [0.5, 0.6) is 0 Å². The van der Waals surface area contributed by atoms with Gasteiger partial charge in [-0.25, -0.2) is 4.99 Å². The lowest BCUT2D eigenvalue weighted by Crippen LogP contribution is -2.40. The molecule has 7 nitrogen and oxygen atoms in total. The number of methoxy groups -OCH3 is 1. The Hall–Kier alpha value is -0.550. The van der Waals surface area contributed by atoms with E-state index < -0.39 is 0 Å². The summed E-state index contributed by atoms with van der Waals surface area (Å²) in [5.74, 6) is 2.55. The van der Waals surface area contributed by atoms with Crippen LogP contribution in [0.15, 0.2) is 4.99 Å². The molecule has 1 aromatic heterocycles. The maximum Gasteiger partial charge on any atom is 0.191 e. The molecule has 0 aliphatic carbocycles. The number of thioether (sulfide) groups is 1. The van der Waals surface area contributed by atoms with E-state index >= 15 is 0 Å². The summed E-state index contributed by atoms with van der Waals surface area (Å²) in [6, 6.07) is 0. The van der Waals surface area contributed by atoms with E-state index in [1.54, 1.807) is 7.11 Å². The fourth-order valence-corrected chi connectivity index (χ4v) is 1.91. The molecular formula is C14H29IN6OS. The summed E-state index contributed by atoms with van der Waals surface area (Å²) in [4.78, 5) is 4.59. The maximum atomic E-state index is 5.06. The van der Waals surface area contributed by atoms with E-state index in [0.717, 1.165) is 43.7 Å². The minimum atomic E-state index is 0. The van der Waals surface area contributed by atoms with Gasteiger partial charge in [0, 0.05) is 39.1 Å². The van der Waals surface area contributed by atoms with Crippen LogP contribution in [0.25, 0.3) is 0 Å². The van der Waals surface area contributed by atoms with Gasteiger partial charge < -0.3 is 19.9 Å². The second-order valence-electron chi connectivity index (χ2n) is 5.09. The van der Waals surface area contributed by atoms with Crippen molar-refractivity contribution in [3.63, 3.8) is 0 Å². The number of aliphatic imine (C=N–C) groups is 1. The quantitative estimate of drug-likeness (QED) is 0.254. The van der Waals surface area contributed by atoms with E-state index in [1.165, 1.54) is 0 Å². The van der Waals surface area contributed by atoms with Gasteiger partial charge in [0.1, 0.15) is 12.4 Å². The maximum absolute atomic E-state index is 5.06. The molecule has 1 aromatic rings.